The molecule has 0 aromatic rings. The Morgan fingerprint density at radius 3 is 2.27 bits per heavy atom. The van der Waals surface area contributed by atoms with Crippen molar-refractivity contribution in [1.82, 2.24) is 5.32 Å². The molecule has 0 aliphatic carbocycles. The van der Waals surface area contributed by atoms with Gasteiger partial charge in [-0.05, 0) is 33.6 Å². The van der Waals surface area contributed by atoms with Crippen LogP contribution in [0.15, 0.2) is 0 Å². The lowest BCUT2D eigenvalue weighted by molar-refractivity contribution is 0.0714. The molecule has 0 radical (unpaired) electrons. The standard InChI is InChI=1S/C9H19NO.H2/c1-9(2,3)10-8-4-6-11-7-5-8;/h8,10H,4-7H2,1-3H3;1H. The predicted octanol–water partition coefficient (Wildman–Crippen LogP) is 1.80. The fourth-order valence-corrected chi connectivity index (χ4v) is 1.45. The highest BCUT2D eigenvalue weighted by Gasteiger charge is 2.18. The first kappa shape index (κ1) is 9.01. The second kappa shape index (κ2) is 3.55. The Balaban J connectivity index is 0.00000121. The number of nitrogens with one attached hydrogen (secondary N) is 1. The Labute approximate surface area is 70.8 Å². The molecule has 1 aliphatic rings. The van der Waals surface area contributed by atoms with Gasteiger partial charge in [0.15, 0.2) is 0 Å². The van der Waals surface area contributed by atoms with Crippen LogP contribution in [-0.4, -0.2) is 24.8 Å². The summed E-state index contributed by atoms with van der Waals surface area (Å²) in [5.41, 5.74) is 0.252. The summed E-state index contributed by atoms with van der Waals surface area (Å²) >= 11 is 0. The van der Waals surface area contributed by atoms with Crippen molar-refractivity contribution < 1.29 is 6.16 Å². The molecule has 1 rings (SSSR count). The van der Waals surface area contributed by atoms with Crippen LogP contribution < -0.4 is 5.32 Å². The topological polar surface area (TPSA) is 21.3 Å². The largest absolute Gasteiger partial charge is 0.381 e. The highest BCUT2D eigenvalue weighted by Crippen LogP contribution is 2.10. The van der Waals surface area contributed by atoms with E-state index in [9.17, 15) is 0 Å². The molecule has 2 nitrogen and oxygen atoms in total. The predicted molar refractivity (Wildman–Crippen MR) is 48.8 cm³/mol. The zero-order chi connectivity index (χ0) is 8.32. The van der Waals surface area contributed by atoms with Crippen molar-refractivity contribution in [3.63, 3.8) is 0 Å². The lowest BCUT2D eigenvalue weighted by Gasteiger charge is -2.31. The van der Waals surface area contributed by atoms with E-state index >= 15 is 0 Å². The maximum Gasteiger partial charge on any atom is 0.0480 e. The van der Waals surface area contributed by atoms with Gasteiger partial charge in [-0.25, -0.2) is 0 Å². The molecule has 1 fully saturated rings. The minimum absolute atomic E-state index is 0. The molecular formula is C9H21NO. The summed E-state index contributed by atoms with van der Waals surface area (Å²) in [6, 6.07) is 0.670. The van der Waals surface area contributed by atoms with E-state index in [-0.39, 0.29) is 6.97 Å². The lowest BCUT2D eigenvalue weighted by atomic mass is 10.0. The normalized spacial score (nSPS) is 22.1. The van der Waals surface area contributed by atoms with Crippen LogP contribution in [0.1, 0.15) is 35.0 Å². The third-order valence-corrected chi connectivity index (χ3v) is 1.86. The summed E-state index contributed by atoms with van der Waals surface area (Å²) in [4.78, 5) is 0. The molecule has 1 aliphatic heterocycles. The van der Waals surface area contributed by atoms with Crippen LogP contribution in [0.4, 0.5) is 0 Å². The summed E-state index contributed by atoms with van der Waals surface area (Å²) in [6.07, 6.45) is 2.33. The van der Waals surface area contributed by atoms with Crippen LogP contribution in [0.25, 0.3) is 0 Å². The number of hydrogen-bond acceptors (Lipinski definition) is 2. The molecule has 0 aromatic carbocycles. The van der Waals surface area contributed by atoms with Gasteiger partial charge in [-0.3, -0.25) is 0 Å². The summed E-state index contributed by atoms with van der Waals surface area (Å²) in [7, 11) is 0. The smallest absolute Gasteiger partial charge is 0.0480 e. The molecule has 0 atom stereocenters. The van der Waals surface area contributed by atoms with E-state index in [1.54, 1.807) is 0 Å². The summed E-state index contributed by atoms with van der Waals surface area (Å²) in [5, 5.41) is 3.58. The third kappa shape index (κ3) is 3.73. The second-order valence-corrected chi connectivity index (χ2v) is 4.28. The van der Waals surface area contributed by atoms with E-state index < -0.39 is 0 Å². The first-order valence-electron chi connectivity index (χ1n) is 4.43. The summed E-state index contributed by atoms with van der Waals surface area (Å²) in [5.74, 6) is 0. The lowest BCUT2D eigenvalue weighted by Crippen LogP contribution is -2.46. The Morgan fingerprint density at radius 2 is 1.82 bits per heavy atom. The molecule has 0 saturated carbocycles. The zero-order valence-electron chi connectivity index (χ0n) is 7.81. The number of ether oxygens (including phenoxy) is 1. The van der Waals surface area contributed by atoms with E-state index in [0.717, 1.165) is 26.1 Å². The van der Waals surface area contributed by atoms with Crippen LogP contribution in [-0.2, 0) is 4.74 Å². The van der Waals surface area contributed by atoms with Gasteiger partial charge in [-0.15, -0.1) is 0 Å². The van der Waals surface area contributed by atoms with Crippen molar-refractivity contribution >= 4 is 0 Å². The van der Waals surface area contributed by atoms with E-state index in [1.807, 2.05) is 0 Å². The maximum absolute atomic E-state index is 5.27. The number of hydrogen-bond donors (Lipinski definition) is 1. The molecule has 0 bridgehead atoms. The Kier molecular flexibility index (Phi) is 2.90. The van der Waals surface area contributed by atoms with Crippen molar-refractivity contribution in [2.24, 2.45) is 0 Å². The van der Waals surface area contributed by atoms with Gasteiger partial charge in [-0.1, -0.05) is 0 Å². The number of rotatable bonds is 1. The van der Waals surface area contributed by atoms with Crippen molar-refractivity contribution in [2.45, 2.75) is 45.2 Å². The first-order chi connectivity index (χ1) is 5.08. The molecule has 0 unspecified atom stereocenters. The Bertz CT molecular complexity index is 116. The van der Waals surface area contributed by atoms with Gasteiger partial charge >= 0.3 is 0 Å². The second-order valence-electron chi connectivity index (χ2n) is 4.28. The van der Waals surface area contributed by atoms with Crippen molar-refractivity contribution in [3.05, 3.63) is 0 Å². The third-order valence-electron chi connectivity index (χ3n) is 1.86. The highest BCUT2D eigenvalue weighted by atomic mass is 16.5. The average molecular weight is 159 g/mol. The van der Waals surface area contributed by atoms with Gasteiger partial charge in [0.05, 0.1) is 0 Å². The van der Waals surface area contributed by atoms with Crippen LogP contribution in [0.5, 0.6) is 0 Å². The van der Waals surface area contributed by atoms with Gasteiger partial charge in [-0.2, -0.15) is 0 Å². The maximum atomic E-state index is 5.27. The van der Waals surface area contributed by atoms with E-state index in [4.69, 9.17) is 4.74 Å². The van der Waals surface area contributed by atoms with Gasteiger partial charge in [0.25, 0.3) is 0 Å². The van der Waals surface area contributed by atoms with Crippen molar-refractivity contribution in [2.75, 3.05) is 13.2 Å². The Morgan fingerprint density at radius 1 is 1.27 bits per heavy atom. The molecule has 1 heterocycles. The van der Waals surface area contributed by atoms with Crippen molar-refractivity contribution in [3.8, 4) is 0 Å². The van der Waals surface area contributed by atoms with Gasteiger partial charge in [0.1, 0.15) is 0 Å². The van der Waals surface area contributed by atoms with Gasteiger partial charge in [0.2, 0.25) is 0 Å². The van der Waals surface area contributed by atoms with Crippen LogP contribution in [0.3, 0.4) is 0 Å². The fraction of sp³-hybridized carbons (Fsp3) is 1.00. The molecule has 1 N–H and O–H groups in total. The van der Waals surface area contributed by atoms with Gasteiger partial charge in [0, 0.05) is 26.2 Å². The molecule has 1 saturated heterocycles. The molecule has 0 aromatic heterocycles. The minimum atomic E-state index is 0. The van der Waals surface area contributed by atoms with Crippen LogP contribution in [0.2, 0.25) is 0 Å². The summed E-state index contributed by atoms with van der Waals surface area (Å²) in [6.45, 7) is 8.48. The zero-order valence-corrected chi connectivity index (χ0v) is 7.81. The highest BCUT2D eigenvalue weighted by molar-refractivity contribution is 4.79. The SMILES string of the molecule is CC(C)(C)NC1CCOCC1.[HH]. The Hall–Kier alpha value is -0.0800. The average Bonchev–Trinajstić information content (AvgIpc) is 1.85. The fourth-order valence-electron chi connectivity index (χ4n) is 1.45. The van der Waals surface area contributed by atoms with Crippen molar-refractivity contribution in [1.29, 1.82) is 0 Å². The quantitative estimate of drug-likeness (QED) is 0.630. The minimum Gasteiger partial charge on any atom is -0.381 e. The molecule has 11 heavy (non-hydrogen) atoms. The first-order valence-corrected chi connectivity index (χ1v) is 4.43. The van der Waals surface area contributed by atoms with E-state index in [1.165, 1.54) is 0 Å². The molecule has 0 spiro atoms. The summed E-state index contributed by atoms with van der Waals surface area (Å²) < 4.78 is 5.27. The molecule has 2 heteroatoms. The van der Waals surface area contributed by atoms with E-state index in [2.05, 4.69) is 26.1 Å². The van der Waals surface area contributed by atoms with Gasteiger partial charge < -0.3 is 10.1 Å². The molecular weight excluding hydrogens is 138 g/mol. The molecule has 68 valence electrons. The van der Waals surface area contributed by atoms with Crippen LogP contribution in [0, 0.1) is 0 Å². The molecule has 0 amide bonds. The monoisotopic (exact) mass is 159 g/mol. The van der Waals surface area contributed by atoms with Crippen LogP contribution >= 0.6 is 0 Å². The van der Waals surface area contributed by atoms with E-state index in [0.29, 0.717) is 6.04 Å².